The van der Waals surface area contributed by atoms with Crippen LogP contribution in [-0.2, 0) is 4.79 Å². The van der Waals surface area contributed by atoms with Gasteiger partial charge in [0.15, 0.2) is 0 Å². The molecule has 3 aromatic carbocycles. The van der Waals surface area contributed by atoms with Crippen LogP contribution in [-0.4, -0.2) is 28.2 Å². The first-order valence-corrected chi connectivity index (χ1v) is 10.5. The van der Waals surface area contributed by atoms with E-state index in [0.29, 0.717) is 16.8 Å². The van der Waals surface area contributed by atoms with E-state index in [-0.39, 0.29) is 23.4 Å². The van der Waals surface area contributed by atoms with Gasteiger partial charge in [-0.05, 0) is 48.9 Å². The lowest BCUT2D eigenvalue weighted by atomic mass is 9.94. The number of rotatable bonds is 3. The smallest absolute Gasteiger partial charge is 0.273 e. The van der Waals surface area contributed by atoms with E-state index in [0.717, 1.165) is 4.47 Å². The number of hydrogen-bond acceptors (Lipinski definition) is 4. The Kier molecular flexibility index (Phi) is 5.75. The average Bonchev–Trinajstić information content (AvgIpc) is 2.89. The molecule has 0 aliphatic carbocycles. The number of carbonyl (C=O) groups excluding carboxylic acids is 2. The van der Waals surface area contributed by atoms with Gasteiger partial charge in [0.2, 0.25) is 5.91 Å². The highest BCUT2D eigenvalue weighted by molar-refractivity contribution is 9.10. The number of halogens is 2. The lowest BCUT2D eigenvalue weighted by Crippen LogP contribution is -2.39. The number of nitro groups is 1. The summed E-state index contributed by atoms with van der Waals surface area (Å²) in [6, 6.07) is 14.5. The van der Waals surface area contributed by atoms with Gasteiger partial charge >= 0.3 is 0 Å². The fourth-order valence-electron chi connectivity index (χ4n) is 3.88. The number of benzene rings is 3. The van der Waals surface area contributed by atoms with Crippen LogP contribution in [0.1, 0.15) is 33.1 Å². The molecule has 162 valence electrons. The van der Waals surface area contributed by atoms with Crippen molar-refractivity contribution in [3.63, 3.8) is 0 Å². The first-order valence-electron chi connectivity index (χ1n) is 9.66. The molecule has 0 unspecified atom stereocenters. The molecule has 9 heteroatoms. The predicted octanol–water partition coefficient (Wildman–Crippen LogP) is 4.99. The summed E-state index contributed by atoms with van der Waals surface area (Å²) in [6.45, 7) is 1.22. The molecule has 1 heterocycles. The van der Waals surface area contributed by atoms with E-state index < -0.39 is 28.6 Å². The minimum absolute atomic E-state index is 0.123. The molecule has 0 radical (unpaired) electrons. The van der Waals surface area contributed by atoms with Crippen LogP contribution < -0.4 is 5.32 Å². The Hall–Kier alpha value is -3.59. The zero-order valence-electron chi connectivity index (χ0n) is 16.8. The fraction of sp³-hybridized carbons (Fsp3) is 0.130. The molecule has 0 bridgehead atoms. The molecule has 0 spiro atoms. The van der Waals surface area contributed by atoms with Gasteiger partial charge in [-0.15, -0.1) is 0 Å². The van der Waals surface area contributed by atoms with Crippen LogP contribution in [0.2, 0.25) is 0 Å². The topological polar surface area (TPSA) is 92.6 Å². The summed E-state index contributed by atoms with van der Waals surface area (Å²) in [5.41, 5.74) is 1.90. The summed E-state index contributed by atoms with van der Waals surface area (Å²) in [5.74, 6) is -1.38. The standard InChI is InChI=1S/C23H17BrFN3O4/c1-13-17(3-2-4-20(13)28(31)32)23(30)27-12-21(29)26-19-10-7-15(24)11-18(19)22(27)14-5-8-16(25)9-6-14/h2-11,22H,12H2,1H3,(H,26,29)/t22-/m1/s1. The Morgan fingerprint density at radius 3 is 2.59 bits per heavy atom. The summed E-state index contributed by atoms with van der Waals surface area (Å²) in [7, 11) is 0. The normalized spacial score (nSPS) is 15.5. The zero-order chi connectivity index (χ0) is 23.0. The van der Waals surface area contributed by atoms with E-state index >= 15 is 0 Å². The maximum atomic E-state index is 13.7. The third kappa shape index (κ3) is 3.99. The van der Waals surface area contributed by atoms with E-state index in [1.54, 1.807) is 30.3 Å². The Labute approximate surface area is 191 Å². The minimum atomic E-state index is -0.729. The number of nitrogens with zero attached hydrogens (tertiary/aromatic N) is 2. The SMILES string of the molecule is Cc1c(C(=O)N2CC(=O)Nc3ccc(Br)cc3[C@H]2c2ccc(F)cc2)cccc1[N+](=O)[O-]. The molecule has 0 saturated carbocycles. The third-order valence-corrected chi connectivity index (χ3v) is 5.88. The van der Waals surface area contributed by atoms with Crippen molar-refractivity contribution in [2.75, 3.05) is 11.9 Å². The maximum absolute atomic E-state index is 13.7. The van der Waals surface area contributed by atoms with Crippen molar-refractivity contribution < 1.29 is 18.9 Å². The lowest BCUT2D eigenvalue weighted by molar-refractivity contribution is -0.385. The molecule has 7 nitrogen and oxygen atoms in total. The van der Waals surface area contributed by atoms with Gasteiger partial charge in [-0.1, -0.05) is 34.1 Å². The number of amides is 2. The van der Waals surface area contributed by atoms with Crippen LogP contribution in [0.5, 0.6) is 0 Å². The van der Waals surface area contributed by atoms with Gasteiger partial charge in [0.25, 0.3) is 11.6 Å². The maximum Gasteiger partial charge on any atom is 0.273 e. The molecular formula is C23H17BrFN3O4. The van der Waals surface area contributed by atoms with Gasteiger partial charge in [-0.2, -0.15) is 0 Å². The van der Waals surface area contributed by atoms with E-state index in [1.165, 1.54) is 42.2 Å². The Balaban J connectivity index is 1.91. The summed E-state index contributed by atoms with van der Waals surface area (Å²) in [5, 5.41) is 14.2. The fourth-order valence-corrected chi connectivity index (χ4v) is 4.26. The van der Waals surface area contributed by atoms with Crippen molar-refractivity contribution >= 4 is 39.1 Å². The first-order chi connectivity index (χ1) is 15.3. The van der Waals surface area contributed by atoms with Gasteiger partial charge < -0.3 is 10.2 Å². The Bertz CT molecular complexity index is 1250. The molecule has 0 saturated heterocycles. The molecule has 1 atom stereocenters. The quantitative estimate of drug-likeness (QED) is 0.407. The molecule has 3 aromatic rings. The molecule has 4 rings (SSSR count). The van der Waals surface area contributed by atoms with Gasteiger partial charge in [-0.3, -0.25) is 19.7 Å². The number of anilines is 1. The van der Waals surface area contributed by atoms with Gasteiger partial charge in [-0.25, -0.2) is 4.39 Å². The highest BCUT2D eigenvalue weighted by Gasteiger charge is 2.35. The van der Waals surface area contributed by atoms with Crippen LogP contribution in [0.25, 0.3) is 0 Å². The molecule has 1 aliphatic heterocycles. The second kappa shape index (κ2) is 8.51. The summed E-state index contributed by atoms with van der Waals surface area (Å²) < 4.78 is 14.4. The highest BCUT2D eigenvalue weighted by atomic mass is 79.9. The third-order valence-electron chi connectivity index (χ3n) is 5.39. The van der Waals surface area contributed by atoms with Gasteiger partial charge in [0, 0.05) is 32.9 Å². The molecule has 32 heavy (non-hydrogen) atoms. The van der Waals surface area contributed by atoms with Crippen LogP contribution in [0.15, 0.2) is 65.1 Å². The Morgan fingerprint density at radius 2 is 1.91 bits per heavy atom. The monoisotopic (exact) mass is 497 g/mol. The van der Waals surface area contributed by atoms with Gasteiger partial charge in [0.05, 0.1) is 11.0 Å². The summed E-state index contributed by atoms with van der Waals surface area (Å²) in [6.07, 6.45) is 0. The largest absolute Gasteiger partial charge is 0.324 e. The number of carbonyl (C=O) groups is 2. The van der Waals surface area contributed by atoms with Crippen molar-refractivity contribution in [2.45, 2.75) is 13.0 Å². The number of fused-ring (bicyclic) bond motifs is 1. The van der Waals surface area contributed by atoms with Crippen LogP contribution in [0.3, 0.4) is 0 Å². The molecule has 0 aromatic heterocycles. The average molecular weight is 498 g/mol. The van der Waals surface area contributed by atoms with E-state index in [1.807, 2.05) is 0 Å². The second-order valence-corrected chi connectivity index (χ2v) is 8.29. The summed E-state index contributed by atoms with van der Waals surface area (Å²) >= 11 is 3.43. The van der Waals surface area contributed by atoms with E-state index in [4.69, 9.17) is 0 Å². The number of hydrogen-bond donors (Lipinski definition) is 1. The van der Waals surface area contributed by atoms with E-state index in [2.05, 4.69) is 21.2 Å². The Morgan fingerprint density at radius 1 is 1.19 bits per heavy atom. The second-order valence-electron chi connectivity index (χ2n) is 7.37. The minimum Gasteiger partial charge on any atom is -0.324 e. The van der Waals surface area contributed by atoms with Crippen molar-refractivity contribution in [3.8, 4) is 0 Å². The zero-order valence-corrected chi connectivity index (χ0v) is 18.4. The highest BCUT2D eigenvalue weighted by Crippen LogP contribution is 2.38. The molecule has 2 amide bonds. The number of nitrogens with one attached hydrogen (secondary N) is 1. The van der Waals surface area contributed by atoms with Crippen LogP contribution in [0, 0.1) is 22.9 Å². The molecule has 1 N–H and O–H groups in total. The molecule has 0 fully saturated rings. The molecular weight excluding hydrogens is 481 g/mol. The first kappa shape index (κ1) is 21.6. The van der Waals surface area contributed by atoms with E-state index in [9.17, 15) is 24.1 Å². The van der Waals surface area contributed by atoms with Gasteiger partial charge in [0.1, 0.15) is 12.4 Å². The van der Waals surface area contributed by atoms with Crippen LogP contribution >= 0.6 is 15.9 Å². The van der Waals surface area contributed by atoms with Crippen molar-refractivity contribution in [1.29, 1.82) is 0 Å². The van der Waals surface area contributed by atoms with Crippen molar-refractivity contribution in [2.24, 2.45) is 0 Å². The number of nitro benzene ring substituents is 1. The summed E-state index contributed by atoms with van der Waals surface area (Å²) in [4.78, 5) is 38.5. The van der Waals surface area contributed by atoms with Crippen LogP contribution in [0.4, 0.5) is 15.8 Å². The molecule has 1 aliphatic rings. The predicted molar refractivity (Wildman–Crippen MR) is 120 cm³/mol. The lowest BCUT2D eigenvalue weighted by Gasteiger charge is -2.31. The van der Waals surface area contributed by atoms with Crippen molar-refractivity contribution in [1.82, 2.24) is 4.90 Å². The van der Waals surface area contributed by atoms with Crippen molar-refractivity contribution in [3.05, 3.63) is 103 Å².